The average molecular weight is 341 g/mol. The van der Waals surface area contributed by atoms with Gasteiger partial charge in [0.05, 0.1) is 11.1 Å². The van der Waals surface area contributed by atoms with Gasteiger partial charge in [0.2, 0.25) is 0 Å². The van der Waals surface area contributed by atoms with Crippen LogP contribution in [-0.4, -0.2) is 34.8 Å². The summed E-state index contributed by atoms with van der Waals surface area (Å²) in [5, 5.41) is 2.67. The third kappa shape index (κ3) is 4.41. The Balaban J connectivity index is 1.72. The lowest BCUT2D eigenvalue weighted by atomic mass is 10.1. The summed E-state index contributed by atoms with van der Waals surface area (Å²) < 4.78 is 12.9. The van der Waals surface area contributed by atoms with Crippen LogP contribution in [0, 0.1) is 5.82 Å². The molecule has 3 rings (SSSR count). The Bertz CT molecular complexity index is 754. The zero-order chi connectivity index (χ0) is 17.6. The van der Waals surface area contributed by atoms with E-state index in [0.29, 0.717) is 16.8 Å². The molecule has 2 amide bonds. The second-order valence-corrected chi connectivity index (χ2v) is 6.13. The summed E-state index contributed by atoms with van der Waals surface area (Å²) >= 11 is 0. The second-order valence-electron chi connectivity index (χ2n) is 6.13. The summed E-state index contributed by atoms with van der Waals surface area (Å²) in [5.74, 6) is -0.847. The van der Waals surface area contributed by atoms with Crippen LogP contribution in [0.15, 0.2) is 42.7 Å². The minimum atomic E-state index is -0.385. The number of carbonyl (C=O) groups is 2. The molecule has 0 bridgehead atoms. The van der Waals surface area contributed by atoms with Crippen LogP contribution >= 0.6 is 0 Å². The largest absolute Gasteiger partial charge is 0.339 e. The fourth-order valence-corrected chi connectivity index (χ4v) is 2.87. The van der Waals surface area contributed by atoms with E-state index in [1.807, 2.05) is 4.90 Å². The van der Waals surface area contributed by atoms with Crippen LogP contribution in [0.25, 0.3) is 0 Å². The molecule has 0 unspecified atom stereocenters. The van der Waals surface area contributed by atoms with E-state index in [4.69, 9.17) is 0 Å². The molecule has 1 fully saturated rings. The normalized spacial score (nSPS) is 14.7. The molecule has 6 heteroatoms. The van der Waals surface area contributed by atoms with Gasteiger partial charge < -0.3 is 10.2 Å². The number of rotatable bonds is 3. The van der Waals surface area contributed by atoms with Crippen molar-refractivity contribution in [2.75, 3.05) is 18.4 Å². The summed E-state index contributed by atoms with van der Waals surface area (Å²) in [6.07, 6.45) is 7.19. The van der Waals surface area contributed by atoms with Crippen molar-refractivity contribution >= 4 is 17.5 Å². The number of nitrogens with zero attached hydrogens (tertiary/aromatic N) is 2. The summed E-state index contributed by atoms with van der Waals surface area (Å²) in [5.41, 5.74) is 1.19. The van der Waals surface area contributed by atoms with Gasteiger partial charge in [0.15, 0.2) is 0 Å². The van der Waals surface area contributed by atoms with Crippen LogP contribution in [-0.2, 0) is 0 Å². The highest BCUT2D eigenvalue weighted by Gasteiger charge is 2.19. The van der Waals surface area contributed by atoms with Gasteiger partial charge >= 0.3 is 0 Å². The summed E-state index contributed by atoms with van der Waals surface area (Å²) in [7, 11) is 0. The van der Waals surface area contributed by atoms with Gasteiger partial charge in [-0.05, 0) is 43.2 Å². The third-order valence-electron chi connectivity index (χ3n) is 4.24. The first kappa shape index (κ1) is 17.1. The molecule has 0 atom stereocenters. The highest BCUT2D eigenvalue weighted by Crippen LogP contribution is 2.15. The summed E-state index contributed by atoms with van der Waals surface area (Å²) in [4.78, 5) is 30.8. The number of aromatic nitrogens is 1. The van der Waals surface area contributed by atoms with Gasteiger partial charge in [-0.1, -0.05) is 12.8 Å². The Morgan fingerprint density at radius 1 is 0.960 bits per heavy atom. The average Bonchev–Trinajstić information content (AvgIpc) is 2.92. The highest BCUT2D eigenvalue weighted by molar-refractivity contribution is 6.05. The molecule has 1 saturated heterocycles. The number of benzene rings is 1. The van der Waals surface area contributed by atoms with Crippen molar-refractivity contribution in [1.29, 1.82) is 0 Å². The van der Waals surface area contributed by atoms with Gasteiger partial charge in [-0.15, -0.1) is 0 Å². The quantitative estimate of drug-likeness (QED) is 0.929. The van der Waals surface area contributed by atoms with Gasteiger partial charge in [0, 0.05) is 31.2 Å². The molecule has 5 nitrogen and oxygen atoms in total. The molecular formula is C19H20FN3O2. The van der Waals surface area contributed by atoms with Crippen molar-refractivity contribution in [2.45, 2.75) is 25.7 Å². The van der Waals surface area contributed by atoms with Crippen molar-refractivity contribution in [1.82, 2.24) is 9.88 Å². The van der Waals surface area contributed by atoms with Gasteiger partial charge in [0.25, 0.3) is 11.8 Å². The van der Waals surface area contributed by atoms with Gasteiger partial charge in [-0.25, -0.2) is 4.39 Å². The van der Waals surface area contributed by atoms with E-state index >= 15 is 0 Å². The second kappa shape index (κ2) is 7.88. The van der Waals surface area contributed by atoms with Crippen molar-refractivity contribution in [3.8, 4) is 0 Å². The Hall–Kier alpha value is -2.76. The molecule has 0 aliphatic carbocycles. The molecule has 130 valence electrons. The first-order valence-electron chi connectivity index (χ1n) is 8.45. The SMILES string of the molecule is O=C(Nc1ccc(F)cc1)c1cncc(C(=O)N2CCCCCC2)c1. The molecule has 0 saturated carbocycles. The van der Waals surface area contributed by atoms with E-state index in [1.54, 1.807) is 6.07 Å². The van der Waals surface area contributed by atoms with E-state index in [2.05, 4.69) is 10.3 Å². The molecule has 25 heavy (non-hydrogen) atoms. The maximum atomic E-state index is 12.9. The predicted octanol–water partition coefficient (Wildman–Crippen LogP) is 3.49. The number of anilines is 1. The van der Waals surface area contributed by atoms with Crippen LogP contribution in [0.4, 0.5) is 10.1 Å². The molecule has 0 spiro atoms. The highest BCUT2D eigenvalue weighted by atomic mass is 19.1. The smallest absolute Gasteiger partial charge is 0.257 e. The van der Waals surface area contributed by atoms with E-state index in [1.165, 1.54) is 36.7 Å². The number of hydrogen-bond donors (Lipinski definition) is 1. The number of carbonyl (C=O) groups excluding carboxylic acids is 2. The number of pyridine rings is 1. The zero-order valence-electron chi connectivity index (χ0n) is 13.9. The fourth-order valence-electron chi connectivity index (χ4n) is 2.87. The Kier molecular flexibility index (Phi) is 5.38. The Morgan fingerprint density at radius 2 is 1.60 bits per heavy atom. The Morgan fingerprint density at radius 3 is 2.28 bits per heavy atom. The molecule has 2 heterocycles. The minimum absolute atomic E-state index is 0.0918. The number of likely N-dealkylation sites (tertiary alicyclic amines) is 1. The van der Waals surface area contributed by atoms with Crippen LogP contribution in [0.1, 0.15) is 46.4 Å². The molecule has 2 aromatic rings. The van der Waals surface area contributed by atoms with E-state index in [-0.39, 0.29) is 17.6 Å². The molecule has 1 aliphatic heterocycles. The summed E-state index contributed by atoms with van der Waals surface area (Å²) in [6.45, 7) is 1.48. The monoisotopic (exact) mass is 341 g/mol. The lowest BCUT2D eigenvalue weighted by Crippen LogP contribution is -2.32. The molecule has 1 aliphatic rings. The first-order chi connectivity index (χ1) is 12.1. The topological polar surface area (TPSA) is 62.3 Å². The van der Waals surface area contributed by atoms with E-state index < -0.39 is 0 Å². The molecule has 1 N–H and O–H groups in total. The number of hydrogen-bond acceptors (Lipinski definition) is 3. The lowest BCUT2D eigenvalue weighted by molar-refractivity contribution is 0.0761. The first-order valence-corrected chi connectivity index (χ1v) is 8.45. The maximum Gasteiger partial charge on any atom is 0.257 e. The van der Waals surface area contributed by atoms with Crippen LogP contribution in [0.3, 0.4) is 0 Å². The van der Waals surface area contributed by atoms with Gasteiger partial charge in [-0.2, -0.15) is 0 Å². The van der Waals surface area contributed by atoms with Gasteiger partial charge in [-0.3, -0.25) is 14.6 Å². The van der Waals surface area contributed by atoms with Crippen molar-refractivity contribution in [3.63, 3.8) is 0 Å². The van der Waals surface area contributed by atoms with E-state index in [0.717, 1.165) is 38.8 Å². The van der Waals surface area contributed by atoms with Crippen LogP contribution in [0.5, 0.6) is 0 Å². The Labute approximate surface area is 145 Å². The van der Waals surface area contributed by atoms with Crippen molar-refractivity contribution in [3.05, 3.63) is 59.7 Å². The molecule has 1 aromatic heterocycles. The van der Waals surface area contributed by atoms with Gasteiger partial charge in [0.1, 0.15) is 5.82 Å². The number of halogens is 1. The predicted molar refractivity (Wildman–Crippen MR) is 93.0 cm³/mol. The number of nitrogens with one attached hydrogen (secondary N) is 1. The van der Waals surface area contributed by atoms with Crippen molar-refractivity contribution in [2.24, 2.45) is 0 Å². The van der Waals surface area contributed by atoms with Crippen LogP contribution in [0.2, 0.25) is 0 Å². The van der Waals surface area contributed by atoms with Crippen molar-refractivity contribution < 1.29 is 14.0 Å². The molecular weight excluding hydrogens is 321 g/mol. The summed E-state index contributed by atoms with van der Waals surface area (Å²) in [6, 6.07) is 7.05. The number of amides is 2. The lowest BCUT2D eigenvalue weighted by Gasteiger charge is -2.20. The standard InChI is InChI=1S/C19H20FN3O2/c20-16-5-7-17(8-6-16)22-18(24)14-11-15(13-21-12-14)19(25)23-9-3-1-2-4-10-23/h5-8,11-13H,1-4,9-10H2,(H,22,24). The fraction of sp³-hybridized carbons (Fsp3) is 0.316. The zero-order valence-corrected chi connectivity index (χ0v) is 13.9. The molecule has 0 radical (unpaired) electrons. The van der Waals surface area contributed by atoms with E-state index in [9.17, 15) is 14.0 Å². The molecule has 1 aromatic carbocycles. The minimum Gasteiger partial charge on any atom is -0.339 e. The third-order valence-corrected chi connectivity index (χ3v) is 4.24. The van der Waals surface area contributed by atoms with Crippen LogP contribution < -0.4 is 5.32 Å². The maximum absolute atomic E-state index is 12.9.